The number of anilines is 2. The van der Waals surface area contributed by atoms with Crippen LogP contribution in [0.2, 0.25) is 5.02 Å². The summed E-state index contributed by atoms with van der Waals surface area (Å²) < 4.78 is 6.06. The first kappa shape index (κ1) is 20.0. The summed E-state index contributed by atoms with van der Waals surface area (Å²) in [7, 11) is 1.82. The van der Waals surface area contributed by atoms with E-state index in [1.165, 1.54) is 11.1 Å². The first-order valence-electron chi connectivity index (χ1n) is 9.75. The second-order valence-corrected chi connectivity index (χ2v) is 8.97. The fourth-order valence-electron chi connectivity index (χ4n) is 4.10. The van der Waals surface area contributed by atoms with Gasteiger partial charge in [0.2, 0.25) is 0 Å². The van der Waals surface area contributed by atoms with E-state index in [4.69, 9.17) is 22.1 Å². The number of nitrogens with one attached hydrogen (secondary N) is 1. The molecule has 4 heteroatoms. The topological polar surface area (TPSA) is 47.3 Å². The number of nitrogens with two attached hydrogens (primary N) is 1. The highest BCUT2D eigenvalue weighted by molar-refractivity contribution is 6.33. The molecule has 2 aromatic carbocycles. The first-order chi connectivity index (χ1) is 12.8. The zero-order chi connectivity index (χ0) is 19.8. The van der Waals surface area contributed by atoms with Gasteiger partial charge in [0.15, 0.2) is 0 Å². The lowest BCUT2D eigenvalue weighted by Crippen LogP contribution is -2.33. The molecule has 0 saturated heterocycles. The van der Waals surface area contributed by atoms with Crippen LogP contribution in [0, 0.1) is 5.92 Å². The van der Waals surface area contributed by atoms with Crippen molar-refractivity contribution in [3.63, 3.8) is 0 Å². The third-order valence-electron chi connectivity index (χ3n) is 5.61. The molecule has 3 unspecified atom stereocenters. The van der Waals surface area contributed by atoms with Gasteiger partial charge < -0.3 is 15.8 Å². The molecule has 0 bridgehead atoms. The number of methoxy groups -OCH3 is 1. The van der Waals surface area contributed by atoms with Crippen LogP contribution in [0.1, 0.15) is 69.4 Å². The largest absolute Gasteiger partial charge is 0.398 e. The summed E-state index contributed by atoms with van der Waals surface area (Å²) in [6.45, 7) is 8.96. The summed E-state index contributed by atoms with van der Waals surface area (Å²) in [5.74, 6) is 0.322. The zero-order valence-electron chi connectivity index (χ0n) is 17.0. The monoisotopic (exact) mass is 386 g/mol. The van der Waals surface area contributed by atoms with Crippen LogP contribution in [0.25, 0.3) is 0 Å². The van der Waals surface area contributed by atoms with Gasteiger partial charge in [0.25, 0.3) is 0 Å². The molecule has 1 aliphatic heterocycles. The molecule has 3 N–H and O–H groups in total. The van der Waals surface area contributed by atoms with E-state index in [1.807, 2.05) is 19.2 Å². The second kappa shape index (κ2) is 7.73. The maximum absolute atomic E-state index is 6.32. The van der Waals surface area contributed by atoms with Gasteiger partial charge in [-0.3, -0.25) is 0 Å². The molecule has 27 heavy (non-hydrogen) atoms. The average molecular weight is 387 g/mol. The van der Waals surface area contributed by atoms with Crippen LogP contribution in [0.15, 0.2) is 36.4 Å². The van der Waals surface area contributed by atoms with Crippen molar-refractivity contribution in [2.75, 3.05) is 18.2 Å². The third kappa shape index (κ3) is 3.95. The molecular formula is C23H31ClN2O. The van der Waals surface area contributed by atoms with Crippen LogP contribution in [0.4, 0.5) is 11.4 Å². The molecule has 3 rings (SSSR count). The Labute approximate surface area is 168 Å². The number of benzene rings is 2. The Kier molecular flexibility index (Phi) is 5.73. The van der Waals surface area contributed by atoms with Gasteiger partial charge in [0.05, 0.1) is 22.9 Å². The normalized spacial score (nSPS) is 22.2. The Bertz CT molecular complexity index is 813. The average Bonchev–Trinajstić information content (AvgIpc) is 2.62. The van der Waals surface area contributed by atoms with E-state index in [0.29, 0.717) is 16.6 Å². The Morgan fingerprint density at radius 1 is 1.15 bits per heavy atom. The number of halogens is 1. The maximum atomic E-state index is 6.32. The van der Waals surface area contributed by atoms with Crippen LogP contribution in [-0.4, -0.2) is 7.11 Å². The van der Waals surface area contributed by atoms with E-state index in [0.717, 1.165) is 24.1 Å². The van der Waals surface area contributed by atoms with Gasteiger partial charge in [-0.25, -0.2) is 0 Å². The summed E-state index contributed by atoms with van der Waals surface area (Å²) in [5.41, 5.74) is 11.5. The number of hydrogen-bond acceptors (Lipinski definition) is 3. The number of nitrogen functional groups attached to an aromatic ring is 1. The summed E-state index contributed by atoms with van der Waals surface area (Å²) >= 11 is 6.32. The summed E-state index contributed by atoms with van der Waals surface area (Å²) in [5, 5.41) is 4.36. The molecule has 0 aliphatic carbocycles. The zero-order valence-corrected chi connectivity index (χ0v) is 17.7. The first-order valence-corrected chi connectivity index (χ1v) is 10.1. The molecular weight excluding hydrogens is 356 g/mol. The van der Waals surface area contributed by atoms with E-state index in [9.17, 15) is 0 Å². The number of hydrogen-bond donors (Lipinski definition) is 2. The highest BCUT2D eigenvalue weighted by Crippen LogP contribution is 2.48. The van der Waals surface area contributed by atoms with Crippen molar-refractivity contribution in [3.8, 4) is 0 Å². The van der Waals surface area contributed by atoms with Gasteiger partial charge in [-0.05, 0) is 41.2 Å². The summed E-state index contributed by atoms with van der Waals surface area (Å²) in [6.07, 6.45) is 2.21. The Morgan fingerprint density at radius 2 is 1.89 bits per heavy atom. The van der Waals surface area contributed by atoms with Gasteiger partial charge in [-0.2, -0.15) is 0 Å². The number of ether oxygens (including phenoxy) is 1. The highest BCUT2D eigenvalue weighted by atomic mass is 35.5. The van der Waals surface area contributed by atoms with E-state index in [-0.39, 0.29) is 17.6 Å². The number of rotatable bonds is 4. The van der Waals surface area contributed by atoms with Gasteiger partial charge in [-0.15, -0.1) is 0 Å². The van der Waals surface area contributed by atoms with Crippen molar-refractivity contribution in [1.82, 2.24) is 0 Å². The van der Waals surface area contributed by atoms with Crippen LogP contribution >= 0.6 is 11.6 Å². The lowest BCUT2D eigenvalue weighted by atomic mass is 9.76. The smallest absolute Gasteiger partial charge is 0.0892 e. The molecule has 0 spiro atoms. The molecule has 0 fully saturated rings. The second-order valence-electron chi connectivity index (χ2n) is 8.56. The lowest BCUT2D eigenvalue weighted by molar-refractivity contribution is 0.0345. The fourth-order valence-corrected chi connectivity index (χ4v) is 4.29. The van der Waals surface area contributed by atoms with Crippen molar-refractivity contribution >= 4 is 23.0 Å². The lowest BCUT2D eigenvalue weighted by Gasteiger charge is -2.41. The SMILES string of the molecule is CCCC1C(c2ccc(N)c(Cl)c2)Nc2ccc(C(C)(C)C)cc2C1OC. The minimum atomic E-state index is 0.0461. The molecule has 146 valence electrons. The standard InChI is InChI=1S/C23H31ClN2O/c1-6-7-16-21(14-8-10-19(25)18(24)12-14)26-20-11-9-15(23(2,3)4)13-17(20)22(16)27-5/h8-13,16,21-22,26H,6-7,25H2,1-5H3. The van der Waals surface area contributed by atoms with E-state index < -0.39 is 0 Å². The van der Waals surface area contributed by atoms with Gasteiger partial charge >= 0.3 is 0 Å². The molecule has 0 aromatic heterocycles. The Balaban J connectivity index is 2.08. The molecule has 1 heterocycles. The van der Waals surface area contributed by atoms with Crippen LogP contribution in [0.3, 0.4) is 0 Å². The van der Waals surface area contributed by atoms with E-state index >= 15 is 0 Å². The Hall–Kier alpha value is -1.71. The van der Waals surface area contributed by atoms with Crippen molar-refractivity contribution in [2.45, 2.75) is 58.1 Å². The van der Waals surface area contributed by atoms with E-state index in [1.54, 1.807) is 0 Å². The summed E-state index contributed by atoms with van der Waals surface area (Å²) in [4.78, 5) is 0. The Morgan fingerprint density at radius 3 is 2.48 bits per heavy atom. The predicted octanol–water partition coefficient (Wildman–Crippen LogP) is 6.49. The predicted molar refractivity (Wildman–Crippen MR) is 116 cm³/mol. The molecule has 0 radical (unpaired) electrons. The van der Waals surface area contributed by atoms with Crippen molar-refractivity contribution in [1.29, 1.82) is 0 Å². The van der Waals surface area contributed by atoms with Crippen LogP contribution < -0.4 is 11.1 Å². The van der Waals surface area contributed by atoms with Crippen LogP contribution in [0.5, 0.6) is 0 Å². The molecule has 0 amide bonds. The third-order valence-corrected chi connectivity index (χ3v) is 5.94. The molecule has 1 aliphatic rings. The quantitative estimate of drug-likeness (QED) is 0.590. The fraction of sp³-hybridized carbons (Fsp3) is 0.478. The molecule has 2 aromatic rings. The van der Waals surface area contributed by atoms with Gasteiger partial charge in [0, 0.05) is 24.3 Å². The maximum Gasteiger partial charge on any atom is 0.0892 e. The minimum Gasteiger partial charge on any atom is -0.398 e. The van der Waals surface area contributed by atoms with Crippen LogP contribution in [-0.2, 0) is 10.2 Å². The van der Waals surface area contributed by atoms with Gasteiger partial charge in [0.1, 0.15) is 0 Å². The van der Waals surface area contributed by atoms with Crippen molar-refractivity contribution < 1.29 is 4.74 Å². The number of fused-ring (bicyclic) bond motifs is 1. The summed E-state index contributed by atoms with van der Waals surface area (Å²) in [6, 6.07) is 12.8. The van der Waals surface area contributed by atoms with E-state index in [2.05, 4.69) is 57.3 Å². The minimum absolute atomic E-state index is 0.0461. The molecule has 0 saturated carbocycles. The van der Waals surface area contributed by atoms with Crippen molar-refractivity contribution in [2.24, 2.45) is 5.92 Å². The highest BCUT2D eigenvalue weighted by Gasteiger charge is 2.37. The molecule has 3 nitrogen and oxygen atoms in total. The van der Waals surface area contributed by atoms with Gasteiger partial charge in [-0.1, -0.05) is 63.9 Å². The van der Waals surface area contributed by atoms with Crippen molar-refractivity contribution in [3.05, 3.63) is 58.1 Å². The molecule has 3 atom stereocenters.